The van der Waals surface area contributed by atoms with Crippen molar-refractivity contribution in [3.63, 3.8) is 0 Å². The third-order valence-corrected chi connectivity index (χ3v) is 14.2. The van der Waals surface area contributed by atoms with Gasteiger partial charge in [0.2, 0.25) is 0 Å². The maximum absolute atomic E-state index is 6.62. The Morgan fingerprint density at radius 3 is 1.72 bits per heavy atom. The maximum Gasteiger partial charge on any atom is 0.135 e. The third-order valence-electron chi connectivity index (χ3n) is 14.2. The maximum atomic E-state index is 6.62. The summed E-state index contributed by atoms with van der Waals surface area (Å²) in [4.78, 5) is 0. The van der Waals surface area contributed by atoms with Crippen molar-refractivity contribution in [2.24, 2.45) is 0 Å². The smallest absolute Gasteiger partial charge is 0.135 e. The van der Waals surface area contributed by atoms with E-state index in [4.69, 9.17) is 4.42 Å². The summed E-state index contributed by atoms with van der Waals surface area (Å²) in [5, 5.41) is 2.38. The van der Waals surface area contributed by atoms with E-state index >= 15 is 0 Å². The van der Waals surface area contributed by atoms with E-state index in [-0.39, 0.29) is 11.3 Å². The van der Waals surface area contributed by atoms with Gasteiger partial charge in [-0.05, 0) is 113 Å². The Labute approximate surface area is 350 Å². The second-order valence-electron chi connectivity index (χ2n) is 17.5. The standard InChI is InChI=1S/C59H40O/c1-58(2)48-24-12-8-19-40(48)43-30-28-38(35-52(43)58)55(44-22-7-6-18-39(44)36-16-4-3-5-17-36)37-29-32-51-47(34-37)42-21-10-14-26-50(42)59(51)49-25-13-9-20-41(49)45-31-33-54-56(57(45)59)46-23-11-15-27-53(46)60-54/h3-35,55H,1-2H3. The van der Waals surface area contributed by atoms with E-state index in [0.29, 0.717) is 0 Å². The zero-order valence-corrected chi connectivity index (χ0v) is 33.5. The normalized spacial score (nSPS) is 16.6. The van der Waals surface area contributed by atoms with Gasteiger partial charge in [-0.25, -0.2) is 0 Å². The Kier molecular flexibility index (Phi) is 6.84. The van der Waals surface area contributed by atoms with Gasteiger partial charge in [-0.3, -0.25) is 0 Å². The molecular weight excluding hydrogens is 725 g/mol. The molecule has 2 atom stereocenters. The fraction of sp³-hybridized carbons (Fsp3) is 0.0847. The van der Waals surface area contributed by atoms with Gasteiger partial charge < -0.3 is 4.42 Å². The molecule has 9 aromatic carbocycles. The van der Waals surface area contributed by atoms with Crippen LogP contribution < -0.4 is 0 Å². The van der Waals surface area contributed by atoms with Crippen LogP contribution in [0, 0.1) is 0 Å². The first-order chi connectivity index (χ1) is 29.5. The van der Waals surface area contributed by atoms with Crippen LogP contribution in [0.4, 0.5) is 0 Å². The van der Waals surface area contributed by atoms with Crippen LogP contribution in [0.5, 0.6) is 0 Å². The summed E-state index contributed by atoms with van der Waals surface area (Å²) in [7, 11) is 0. The highest BCUT2D eigenvalue weighted by Crippen LogP contribution is 2.65. The number of para-hydroxylation sites is 1. The number of furan rings is 1. The first-order valence-electron chi connectivity index (χ1n) is 21.2. The fourth-order valence-corrected chi connectivity index (χ4v) is 11.7. The molecule has 3 aliphatic carbocycles. The number of hydrogen-bond acceptors (Lipinski definition) is 1. The highest BCUT2D eigenvalue weighted by molar-refractivity contribution is 6.13. The van der Waals surface area contributed by atoms with Crippen LogP contribution >= 0.6 is 0 Å². The topological polar surface area (TPSA) is 13.1 Å². The van der Waals surface area contributed by atoms with E-state index in [0.717, 1.165) is 11.2 Å². The van der Waals surface area contributed by atoms with Gasteiger partial charge in [-0.2, -0.15) is 0 Å². The van der Waals surface area contributed by atoms with Crippen molar-refractivity contribution < 1.29 is 4.42 Å². The van der Waals surface area contributed by atoms with Crippen molar-refractivity contribution in [3.05, 3.63) is 250 Å². The van der Waals surface area contributed by atoms with E-state index in [9.17, 15) is 0 Å². The predicted octanol–water partition coefficient (Wildman–Crippen LogP) is 15.1. The lowest BCUT2D eigenvalue weighted by Crippen LogP contribution is -2.26. The van der Waals surface area contributed by atoms with E-state index < -0.39 is 5.41 Å². The Balaban J connectivity index is 1.09. The van der Waals surface area contributed by atoms with Gasteiger partial charge in [0, 0.05) is 22.1 Å². The van der Waals surface area contributed by atoms with Crippen molar-refractivity contribution in [3.8, 4) is 44.5 Å². The summed E-state index contributed by atoms with van der Waals surface area (Å²) in [5.41, 5.74) is 23.6. The molecule has 0 saturated carbocycles. The van der Waals surface area contributed by atoms with Crippen molar-refractivity contribution in [2.45, 2.75) is 30.6 Å². The van der Waals surface area contributed by atoms with E-state index in [2.05, 4.69) is 214 Å². The average molecular weight is 765 g/mol. The third kappa shape index (κ3) is 4.31. The van der Waals surface area contributed by atoms with Crippen LogP contribution in [0.25, 0.3) is 66.4 Å². The Morgan fingerprint density at radius 1 is 0.383 bits per heavy atom. The number of benzene rings is 9. The molecule has 1 heteroatoms. The van der Waals surface area contributed by atoms with E-state index in [1.807, 2.05) is 0 Å². The zero-order chi connectivity index (χ0) is 39.7. The number of rotatable bonds is 4. The van der Waals surface area contributed by atoms with Gasteiger partial charge in [0.25, 0.3) is 0 Å². The molecule has 282 valence electrons. The molecule has 2 unspecified atom stereocenters. The minimum absolute atomic E-state index is 0.0205. The highest BCUT2D eigenvalue weighted by Gasteiger charge is 2.53. The van der Waals surface area contributed by atoms with Gasteiger partial charge in [0.15, 0.2) is 0 Å². The lowest BCUT2D eigenvalue weighted by molar-refractivity contribution is 0.659. The largest absolute Gasteiger partial charge is 0.456 e. The van der Waals surface area contributed by atoms with Crippen LogP contribution in [0.3, 0.4) is 0 Å². The van der Waals surface area contributed by atoms with Crippen LogP contribution in [0.2, 0.25) is 0 Å². The molecule has 0 aliphatic heterocycles. The summed E-state index contributed by atoms with van der Waals surface area (Å²) in [6.45, 7) is 4.77. The molecule has 10 aromatic rings. The lowest BCUT2D eigenvalue weighted by atomic mass is 9.69. The average Bonchev–Trinajstić information content (AvgIpc) is 3.99. The monoisotopic (exact) mass is 764 g/mol. The molecule has 0 bridgehead atoms. The van der Waals surface area contributed by atoms with Crippen LogP contribution in [-0.4, -0.2) is 0 Å². The molecule has 60 heavy (non-hydrogen) atoms. The Morgan fingerprint density at radius 2 is 0.933 bits per heavy atom. The van der Waals surface area contributed by atoms with E-state index in [1.165, 1.54) is 105 Å². The Hall–Kier alpha value is -7.22. The minimum atomic E-state index is -0.511. The van der Waals surface area contributed by atoms with Crippen molar-refractivity contribution in [2.75, 3.05) is 0 Å². The fourth-order valence-electron chi connectivity index (χ4n) is 11.7. The molecule has 1 aromatic heterocycles. The molecule has 0 saturated heterocycles. The zero-order valence-electron chi connectivity index (χ0n) is 33.5. The molecule has 1 nitrogen and oxygen atoms in total. The SMILES string of the molecule is CC1(C)c2ccccc2-c2ccc(C(c3ccc4c(c3)-c3ccccc3C43c4ccccc4-c4ccc5oc6ccccc6c5c43)c3ccccc3-c3ccccc3)cc21. The first-order valence-corrected chi connectivity index (χ1v) is 21.2. The van der Waals surface area contributed by atoms with Crippen LogP contribution in [-0.2, 0) is 10.8 Å². The second-order valence-corrected chi connectivity index (χ2v) is 17.5. The van der Waals surface area contributed by atoms with Gasteiger partial charge in [0.05, 0.1) is 5.41 Å². The summed E-state index contributed by atoms with van der Waals surface area (Å²) >= 11 is 0. The quantitative estimate of drug-likeness (QED) is 0.163. The summed E-state index contributed by atoms with van der Waals surface area (Å²) in [6.07, 6.45) is 0. The van der Waals surface area contributed by atoms with Gasteiger partial charge in [0.1, 0.15) is 11.2 Å². The van der Waals surface area contributed by atoms with Crippen LogP contribution in [0.1, 0.15) is 69.8 Å². The molecule has 0 fully saturated rings. The Bertz CT molecular complexity index is 3420. The number of fused-ring (bicyclic) bond motifs is 17. The number of hydrogen-bond donors (Lipinski definition) is 0. The molecule has 1 spiro atoms. The molecule has 0 radical (unpaired) electrons. The molecular formula is C59H40O. The van der Waals surface area contributed by atoms with Crippen molar-refractivity contribution in [1.29, 1.82) is 0 Å². The van der Waals surface area contributed by atoms with Crippen molar-refractivity contribution >= 4 is 21.9 Å². The van der Waals surface area contributed by atoms with Crippen molar-refractivity contribution in [1.82, 2.24) is 0 Å². The van der Waals surface area contributed by atoms with Gasteiger partial charge in [-0.15, -0.1) is 0 Å². The molecule has 0 amide bonds. The lowest BCUT2D eigenvalue weighted by Gasteiger charge is -2.31. The molecule has 1 heterocycles. The summed E-state index contributed by atoms with van der Waals surface area (Å²) in [5.74, 6) is -0.0205. The minimum Gasteiger partial charge on any atom is -0.456 e. The summed E-state index contributed by atoms with van der Waals surface area (Å²) in [6, 6.07) is 75.0. The second kappa shape index (κ2) is 12.2. The molecule has 13 rings (SSSR count). The molecule has 0 N–H and O–H groups in total. The van der Waals surface area contributed by atoms with Crippen LogP contribution in [0.15, 0.2) is 205 Å². The van der Waals surface area contributed by atoms with Gasteiger partial charge >= 0.3 is 0 Å². The predicted molar refractivity (Wildman–Crippen MR) is 247 cm³/mol. The van der Waals surface area contributed by atoms with E-state index in [1.54, 1.807) is 0 Å². The molecule has 3 aliphatic rings. The summed E-state index contributed by atoms with van der Waals surface area (Å²) < 4.78 is 6.62. The van der Waals surface area contributed by atoms with Gasteiger partial charge in [-0.1, -0.05) is 196 Å². The highest BCUT2D eigenvalue weighted by atomic mass is 16.3. The first kappa shape index (κ1) is 33.7.